The molecule has 9 N–H and O–H groups in total. The highest BCUT2D eigenvalue weighted by Gasteiger charge is 2.22. The van der Waals surface area contributed by atoms with Crippen LogP contribution >= 0.6 is 0 Å². The van der Waals surface area contributed by atoms with Gasteiger partial charge >= 0.3 is 0 Å². The van der Waals surface area contributed by atoms with Crippen LogP contribution in [0.15, 0.2) is 24.3 Å². The number of amides is 4. The zero-order valence-electron chi connectivity index (χ0n) is 19.6. The van der Waals surface area contributed by atoms with Crippen LogP contribution in [0.3, 0.4) is 0 Å². The summed E-state index contributed by atoms with van der Waals surface area (Å²) in [5.74, 6) is -1.53. The largest absolute Gasteiger partial charge is 0.508 e. The SMILES string of the molecule is NCCCNCCC(=O)NCCCCCNC(=O)C(CC(N)=O)NC(=O)Cc1ccc(O)cc1. The number of phenols is 1. The van der Waals surface area contributed by atoms with Gasteiger partial charge in [0.1, 0.15) is 11.8 Å². The monoisotopic (exact) mass is 478 g/mol. The van der Waals surface area contributed by atoms with Gasteiger partial charge in [-0.25, -0.2) is 0 Å². The molecule has 0 aromatic heterocycles. The van der Waals surface area contributed by atoms with Crippen molar-refractivity contribution in [2.24, 2.45) is 11.5 Å². The van der Waals surface area contributed by atoms with Crippen LogP contribution in [0.25, 0.3) is 0 Å². The van der Waals surface area contributed by atoms with Gasteiger partial charge in [0.2, 0.25) is 23.6 Å². The number of carbonyl (C=O) groups is 4. The van der Waals surface area contributed by atoms with Crippen molar-refractivity contribution in [2.45, 2.75) is 51.0 Å². The van der Waals surface area contributed by atoms with E-state index < -0.39 is 23.8 Å². The maximum atomic E-state index is 12.4. The Bertz CT molecular complexity index is 772. The van der Waals surface area contributed by atoms with Crippen molar-refractivity contribution in [3.8, 4) is 5.75 Å². The number of aromatic hydroxyl groups is 1. The van der Waals surface area contributed by atoms with Crippen LogP contribution in [0.1, 0.15) is 44.1 Å². The highest BCUT2D eigenvalue weighted by Crippen LogP contribution is 2.10. The van der Waals surface area contributed by atoms with Crippen LogP contribution in [0.2, 0.25) is 0 Å². The van der Waals surface area contributed by atoms with E-state index in [1.165, 1.54) is 12.1 Å². The normalized spacial score (nSPS) is 11.4. The fraction of sp³-hybridized carbons (Fsp3) is 0.565. The van der Waals surface area contributed by atoms with Crippen molar-refractivity contribution in [1.82, 2.24) is 21.3 Å². The molecule has 34 heavy (non-hydrogen) atoms. The molecule has 0 spiro atoms. The third kappa shape index (κ3) is 14.1. The first-order valence-electron chi connectivity index (χ1n) is 11.6. The van der Waals surface area contributed by atoms with E-state index in [1.807, 2.05) is 0 Å². The van der Waals surface area contributed by atoms with Crippen LogP contribution in [-0.4, -0.2) is 67.5 Å². The molecule has 0 aliphatic rings. The van der Waals surface area contributed by atoms with E-state index in [1.54, 1.807) is 12.1 Å². The van der Waals surface area contributed by atoms with Gasteiger partial charge in [0.15, 0.2) is 0 Å². The van der Waals surface area contributed by atoms with Crippen molar-refractivity contribution in [2.75, 3.05) is 32.7 Å². The van der Waals surface area contributed by atoms with Crippen molar-refractivity contribution in [3.05, 3.63) is 29.8 Å². The second-order valence-electron chi connectivity index (χ2n) is 7.98. The van der Waals surface area contributed by atoms with Crippen molar-refractivity contribution < 1.29 is 24.3 Å². The number of primary amides is 1. The summed E-state index contributed by atoms with van der Waals surface area (Å²) < 4.78 is 0. The summed E-state index contributed by atoms with van der Waals surface area (Å²) >= 11 is 0. The van der Waals surface area contributed by atoms with Gasteiger partial charge in [0, 0.05) is 26.1 Å². The first-order chi connectivity index (χ1) is 16.3. The lowest BCUT2D eigenvalue weighted by Crippen LogP contribution is -2.49. The number of rotatable bonds is 18. The summed E-state index contributed by atoms with van der Waals surface area (Å²) in [4.78, 5) is 47.7. The molecule has 0 saturated carbocycles. The summed E-state index contributed by atoms with van der Waals surface area (Å²) in [5.41, 5.74) is 11.3. The van der Waals surface area contributed by atoms with Crippen molar-refractivity contribution >= 4 is 23.6 Å². The van der Waals surface area contributed by atoms with Gasteiger partial charge in [-0.15, -0.1) is 0 Å². The highest BCUT2D eigenvalue weighted by molar-refractivity contribution is 5.92. The van der Waals surface area contributed by atoms with Gasteiger partial charge in [0.25, 0.3) is 0 Å². The number of phenolic OH excluding ortho intramolecular Hbond substituents is 1. The maximum Gasteiger partial charge on any atom is 0.243 e. The Labute approximate surface area is 200 Å². The zero-order chi connectivity index (χ0) is 25.2. The molecule has 0 saturated heterocycles. The lowest BCUT2D eigenvalue weighted by molar-refractivity contribution is -0.131. The van der Waals surface area contributed by atoms with Crippen LogP contribution in [0.5, 0.6) is 5.75 Å². The van der Waals surface area contributed by atoms with E-state index >= 15 is 0 Å². The number of benzene rings is 1. The molecule has 4 amide bonds. The molecule has 0 aliphatic heterocycles. The van der Waals surface area contributed by atoms with E-state index in [9.17, 15) is 24.3 Å². The lowest BCUT2D eigenvalue weighted by atomic mass is 10.1. The summed E-state index contributed by atoms with van der Waals surface area (Å²) in [7, 11) is 0. The van der Waals surface area contributed by atoms with Gasteiger partial charge in [-0.1, -0.05) is 12.1 Å². The van der Waals surface area contributed by atoms with E-state index in [0.717, 1.165) is 25.8 Å². The Morgan fingerprint density at radius 3 is 2.18 bits per heavy atom. The van der Waals surface area contributed by atoms with Crippen molar-refractivity contribution in [1.29, 1.82) is 0 Å². The molecule has 1 rings (SSSR count). The van der Waals surface area contributed by atoms with Gasteiger partial charge < -0.3 is 37.8 Å². The minimum Gasteiger partial charge on any atom is -0.508 e. The molecular formula is C23H38N6O5. The Kier molecular flexibility index (Phi) is 14.7. The number of unbranched alkanes of at least 4 members (excludes halogenated alkanes) is 2. The lowest BCUT2D eigenvalue weighted by Gasteiger charge is -2.17. The first kappa shape index (κ1) is 28.9. The van der Waals surface area contributed by atoms with Crippen LogP contribution in [0.4, 0.5) is 0 Å². The second kappa shape index (κ2) is 17.3. The van der Waals surface area contributed by atoms with E-state index in [2.05, 4.69) is 21.3 Å². The smallest absolute Gasteiger partial charge is 0.243 e. The first-order valence-corrected chi connectivity index (χ1v) is 11.6. The van der Waals surface area contributed by atoms with E-state index in [0.29, 0.717) is 44.6 Å². The quantitative estimate of drug-likeness (QED) is 0.132. The van der Waals surface area contributed by atoms with Crippen LogP contribution in [0, 0.1) is 0 Å². The second-order valence-corrected chi connectivity index (χ2v) is 7.98. The minimum absolute atomic E-state index is 0.00168. The number of hydrogen-bond acceptors (Lipinski definition) is 7. The van der Waals surface area contributed by atoms with Gasteiger partial charge in [-0.05, 0) is 56.5 Å². The molecule has 11 heteroatoms. The topological polar surface area (TPSA) is 189 Å². The molecular weight excluding hydrogens is 440 g/mol. The Balaban J connectivity index is 2.23. The maximum absolute atomic E-state index is 12.4. The standard InChI is InChI=1S/C23H38N6O5/c24-10-4-11-26-14-9-21(32)27-12-2-1-3-13-28-23(34)19(16-20(25)31)29-22(33)15-17-5-7-18(30)8-6-17/h5-8,19,26,30H,1-4,9-16,24H2,(H2,25,31)(H,27,32)(H,28,34)(H,29,33). The third-order valence-electron chi connectivity index (χ3n) is 4.92. The molecule has 0 heterocycles. The summed E-state index contributed by atoms with van der Waals surface area (Å²) in [6, 6.07) is 5.06. The molecule has 1 atom stereocenters. The predicted octanol–water partition coefficient (Wildman–Crippen LogP) is -0.974. The highest BCUT2D eigenvalue weighted by atomic mass is 16.3. The fourth-order valence-corrected chi connectivity index (χ4v) is 3.09. The van der Waals surface area contributed by atoms with Crippen molar-refractivity contribution in [3.63, 3.8) is 0 Å². The predicted molar refractivity (Wildman–Crippen MR) is 129 cm³/mol. The Morgan fingerprint density at radius 1 is 0.853 bits per heavy atom. The molecule has 1 aromatic rings. The number of hydrogen-bond donors (Lipinski definition) is 7. The Hall–Kier alpha value is -3.18. The minimum atomic E-state index is -1.06. The van der Waals surface area contributed by atoms with Gasteiger partial charge in [0.05, 0.1) is 12.8 Å². The third-order valence-corrected chi connectivity index (χ3v) is 4.92. The van der Waals surface area contributed by atoms with Crippen LogP contribution < -0.4 is 32.7 Å². The fourth-order valence-electron chi connectivity index (χ4n) is 3.09. The zero-order valence-corrected chi connectivity index (χ0v) is 19.6. The molecule has 1 unspecified atom stereocenters. The van der Waals surface area contributed by atoms with E-state index in [4.69, 9.17) is 11.5 Å². The number of nitrogens with one attached hydrogen (secondary N) is 4. The summed E-state index contributed by atoms with van der Waals surface area (Å²) in [6.07, 6.45) is 3.25. The van der Waals surface area contributed by atoms with Gasteiger partial charge in [-0.2, -0.15) is 0 Å². The summed E-state index contributed by atoms with van der Waals surface area (Å²) in [6.45, 7) is 2.99. The Morgan fingerprint density at radius 2 is 1.53 bits per heavy atom. The molecule has 11 nitrogen and oxygen atoms in total. The van der Waals surface area contributed by atoms with E-state index in [-0.39, 0.29) is 24.5 Å². The summed E-state index contributed by atoms with van der Waals surface area (Å²) in [5, 5.41) is 20.6. The average Bonchev–Trinajstić information content (AvgIpc) is 2.79. The molecule has 190 valence electrons. The molecule has 0 aliphatic carbocycles. The molecule has 0 fully saturated rings. The number of nitrogens with two attached hydrogens (primary N) is 2. The molecule has 1 aromatic carbocycles. The van der Waals surface area contributed by atoms with Gasteiger partial charge in [-0.3, -0.25) is 19.2 Å². The number of carbonyl (C=O) groups excluding carboxylic acids is 4. The molecule has 0 bridgehead atoms. The van der Waals surface area contributed by atoms with Crippen LogP contribution in [-0.2, 0) is 25.6 Å². The molecule has 0 radical (unpaired) electrons. The average molecular weight is 479 g/mol.